The Balaban J connectivity index is 0.00000208. The number of phenols is 1. The summed E-state index contributed by atoms with van der Waals surface area (Å²) >= 11 is 3.32. The van der Waals surface area contributed by atoms with Crippen molar-refractivity contribution in [3.05, 3.63) is 34.4 Å². The Bertz CT molecular complexity index is 729. The van der Waals surface area contributed by atoms with Crippen LogP contribution in [0.3, 0.4) is 0 Å². The molecule has 0 amide bonds. The van der Waals surface area contributed by atoms with Crippen LogP contribution in [0.5, 0.6) is 5.75 Å². The van der Waals surface area contributed by atoms with Crippen molar-refractivity contribution in [3.8, 4) is 17.0 Å². The molecule has 127 valence electrons. The minimum atomic E-state index is -0.449. The largest absolute Gasteiger partial charge is 0.507 e. The standard InChI is InChI=1S/C16H17BrN2O4.V/c1-2-23-16(21)13-8-18-19(11-5-6-22-9-11)15(13)12-4-3-10(17)7-14(12)20;/h3-4,7-8,11,20H,2,5-6,9H2,1H3;/t11-;/m0./s1. The minimum absolute atomic E-state index is 0. The van der Waals surface area contributed by atoms with Crippen LogP contribution in [0, 0.1) is 0 Å². The van der Waals surface area contributed by atoms with Gasteiger partial charge in [-0.15, -0.1) is 0 Å². The van der Waals surface area contributed by atoms with E-state index in [2.05, 4.69) is 21.0 Å². The molecule has 24 heavy (non-hydrogen) atoms. The molecule has 2 heterocycles. The molecule has 8 heteroatoms. The summed E-state index contributed by atoms with van der Waals surface area (Å²) in [6.07, 6.45) is 2.31. The molecule has 3 rings (SSSR count). The number of ether oxygens (including phenoxy) is 2. The maximum absolute atomic E-state index is 12.2. The summed E-state index contributed by atoms with van der Waals surface area (Å²) in [5.74, 6) is -0.374. The van der Waals surface area contributed by atoms with E-state index < -0.39 is 5.97 Å². The predicted octanol–water partition coefficient (Wildman–Crippen LogP) is 3.15. The predicted molar refractivity (Wildman–Crippen MR) is 87.5 cm³/mol. The first-order chi connectivity index (χ1) is 11.1. The first-order valence-electron chi connectivity index (χ1n) is 7.43. The molecule has 1 radical (unpaired) electrons. The summed E-state index contributed by atoms with van der Waals surface area (Å²) in [6, 6.07) is 5.20. The zero-order chi connectivity index (χ0) is 16.4. The van der Waals surface area contributed by atoms with Crippen LogP contribution >= 0.6 is 15.9 Å². The average Bonchev–Trinajstić information content (AvgIpc) is 3.16. The third-order valence-electron chi connectivity index (χ3n) is 3.76. The molecule has 1 aromatic heterocycles. The maximum Gasteiger partial charge on any atom is 0.341 e. The van der Waals surface area contributed by atoms with Gasteiger partial charge in [0.2, 0.25) is 0 Å². The number of aromatic nitrogens is 2. The number of esters is 1. The van der Waals surface area contributed by atoms with E-state index in [1.165, 1.54) is 6.20 Å². The van der Waals surface area contributed by atoms with Gasteiger partial charge in [0.25, 0.3) is 0 Å². The third kappa shape index (κ3) is 3.69. The van der Waals surface area contributed by atoms with Gasteiger partial charge in [0.05, 0.1) is 31.1 Å². The van der Waals surface area contributed by atoms with Gasteiger partial charge in [0, 0.05) is 35.2 Å². The fourth-order valence-electron chi connectivity index (χ4n) is 2.69. The van der Waals surface area contributed by atoms with E-state index in [9.17, 15) is 9.90 Å². The van der Waals surface area contributed by atoms with Crippen molar-refractivity contribution >= 4 is 21.9 Å². The number of hydrogen-bond donors (Lipinski definition) is 1. The molecule has 1 aliphatic rings. The summed E-state index contributed by atoms with van der Waals surface area (Å²) < 4.78 is 13.0. The van der Waals surface area contributed by atoms with E-state index in [1.54, 1.807) is 23.7 Å². The minimum Gasteiger partial charge on any atom is -0.507 e. The van der Waals surface area contributed by atoms with Gasteiger partial charge >= 0.3 is 5.97 Å². The summed E-state index contributed by atoms with van der Waals surface area (Å²) in [7, 11) is 0. The van der Waals surface area contributed by atoms with E-state index in [4.69, 9.17) is 9.47 Å². The van der Waals surface area contributed by atoms with E-state index in [1.807, 2.05) is 6.07 Å². The molecule has 6 nitrogen and oxygen atoms in total. The Kier molecular flexibility index (Phi) is 6.51. The van der Waals surface area contributed by atoms with Crippen molar-refractivity contribution in [1.82, 2.24) is 9.78 Å². The Labute approximate surface area is 160 Å². The summed E-state index contributed by atoms with van der Waals surface area (Å²) in [5, 5.41) is 14.7. The van der Waals surface area contributed by atoms with Crippen LogP contribution in [0.25, 0.3) is 11.3 Å². The molecule has 1 atom stereocenters. The van der Waals surface area contributed by atoms with Crippen molar-refractivity contribution in [2.45, 2.75) is 19.4 Å². The second kappa shape index (κ2) is 8.20. The zero-order valence-corrected chi connectivity index (χ0v) is 16.1. The molecule has 0 saturated carbocycles. The van der Waals surface area contributed by atoms with Crippen molar-refractivity contribution in [2.24, 2.45) is 0 Å². The van der Waals surface area contributed by atoms with Crippen LogP contribution in [0.1, 0.15) is 29.7 Å². The Morgan fingerprint density at radius 1 is 1.54 bits per heavy atom. The second-order valence-corrected chi connectivity index (χ2v) is 6.17. The monoisotopic (exact) mass is 431 g/mol. The first kappa shape index (κ1) is 19.1. The normalized spacial score (nSPS) is 16.7. The van der Waals surface area contributed by atoms with Crippen molar-refractivity contribution < 1.29 is 37.9 Å². The van der Waals surface area contributed by atoms with Gasteiger partial charge in [-0.05, 0) is 31.5 Å². The smallest absolute Gasteiger partial charge is 0.341 e. The average molecular weight is 432 g/mol. The van der Waals surface area contributed by atoms with Crippen molar-refractivity contribution in [2.75, 3.05) is 19.8 Å². The van der Waals surface area contributed by atoms with Gasteiger partial charge < -0.3 is 14.6 Å². The molecule has 0 unspecified atom stereocenters. The fraction of sp³-hybridized carbons (Fsp3) is 0.375. The number of nitrogens with zero attached hydrogens (tertiary/aromatic N) is 2. The maximum atomic E-state index is 12.2. The van der Waals surface area contributed by atoms with E-state index in [0.717, 1.165) is 10.9 Å². The topological polar surface area (TPSA) is 73.6 Å². The van der Waals surface area contributed by atoms with Gasteiger partial charge in [-0.1, -0.05) is 15.9 Å². The number of phenolic OH excluding ortho intramolecular Hbond substituents is 1. The summed E-state index contributed by atoms with van der Waals surface area (Å²) in [5.41, 5.74) is 1.45. The fourth-order valence-corrected chi connectivity index (χ4v) is 3.03. The molecule has 1 aliphatic heterocycles. The van der Waals surface area contributed by atoms with Crippen LogP contribution in [-0.2, 0) is 28.0 Å². The molecule has 1 aromatic carbocycles. The Hall–Kier alpha value is -1.28. The number of benzene rings is 1. The SMILES string of the molecule is CCOC(=O)c1cnn([C@H]2CCOC2)c1-c1ccc(Br)cc1O.[V]. The quantitative estimate of drug-likeness (QED) is 0.752. The number of carbonyl (C=O) groups excluding carboxylic acids is 1. The van der Waals surface area contributed by atoms with Crippen LogP contribution in [0.4, 0.5) is 0 Å². The van der Waals surface area contributed by atoms with Crippen LogP contribution in [0.2, 0.25) is 0 Å². The number of rotatable bonds is 4. The summed E-state index contributed by atoms with van der Waals surface area (Å²) in [4.78, 5) is 12.2. The Morgan fingerprint density at radius 2 is 2.33 bits per heavy atom. The molecule has 0 bridgehead atoms. The Morgan fingerprint density at radius 3 is 2.96 bits per heavy atom. The zero-order valence-electron chi connectivity index (χ0n) is 13.1. The van der Waals surface area contributed by atoms with Gasteiger partial charge in [0.15, 0.2) is 0 Å². The third-order valence-corrected chi connectivity index (χ3v) is 4.25. The molecule has 0 spiro atoms. The van der Waals surface area contributed by atoms with Gasteiger partial charge in [-0.25, -0.2) is 4.79 Å². The van der Waals surface area contributed by atoms with Crippen molar-refractivity contribution in [1.29, 1.82) is 0 Å². The van der Waals surface area contributed by atoms with Crippen molar-refractivity contribution in [3.63, 3.8) is 0 Å². The van der Waals surface area contributed by atoms with Gasteiger partial charge in [-0.2, -0.15) is 5.10 Å². The first-order valence-corrected chi connectivity index (χ1v) is 8.22. The molecule has 2 aromatic rings. The number of hydrogen-bond acceptors (Lipinski definition) is 5. The van der Waals surface area contributed by atoms with E-state index in [-0.39, 0.29) is 37.0 Å². The van der Waals surface area contributed by atoms with Gasteiger partial charge in [0.1, 0.15) is 11.3 Å². The van der Waals surface area contributed by atoms with Gasteiger partial charge in [-0.3, -0.25) is 4.68 Å². The molecule has 1 saturated heterocycles. The molecule has 1 N–H and O–H groups in total. The summed E-state index contributed by atoms with van der Waals surface area (Å²) in [6.45, 7) is 3.23. The second-order valence-electron chi connectivity index (χ2n) is 5.25. The van der Waals surface area contributed by atoms with E-state index in [0.29, 0.717) is 30.0 Å². The van der Waals surface area contributed by atoms with Crippen LogP contribution in [0.15, 0.2) is 28.9 Å². The number of aromatic hydroxyl groups is 1. The molecular formula is C16H17BrN2O4V. The molecular weight excluding hydrogens is 415 g/mol. The van der Waals surface area contributed by atoms with Crippen LogP contribution in [-0.4, -0.2) is 40.7 Å². The molecule has 1 fully saturated rings. The number of halogens is 1. The van der Waals surface area contributed by atoms with Crippen LogP contribution < -0.4 is 0 Å². The van der Waals surface area contributed by atoms with E-state index >= 15 is 0 Å². The number of carbonyl (C=O) groups is 1. The molecule has 0 aliphatic carbocycles.